The third-order valence-corrected chi connectivity index (χ3v) is 4.31. The van der Waals surface area contributed by atoms with Crippen molar-refractivity contribution in [1.82, 2.24) is 4.90 Å². The Morgan fingerprint density at radius 2 is 1.76 bits per heavy atom. The lowest BCUT2D eigenvalue weighted by Crippen LogP contribution is -2.32. The molecule has 1 aliphatic heterocycles. The molecule has 0 saturated heterocycles. The molecule has 3 rings (SSSR count). The van der Waals surface area contributed by atoms with E-state index in [2.05, 4.69) is 0 Å². The molecule has 7 heteroatoms. The maximum Gasteiger partial charge on any atom is 0.313 e. The molecule has 0 spiro atoms. The van der Waals surface area contributed by atoms with Gasteiger partial charge >= 0.3 is 5.97 Å². The van der Waals surface area contributed by atoms with Crippen LogP contribution in [0.4, 0.5) is 0 Å². The van der Waals surface area contributed by atoms with E-state index >= 15 is 0 Å². The topological polar surface area (TPSA) is 63.7 Å². The lowest BCUT2D eigenvalue weighted by Gasteiger charge is -2.13. The molecule has 5 nitrogen and oxygen atoms in total. The predicted molar refractivity (Wildman–Crippen MR) is 93.3 cm³/mol. The largest absolute Gasteiger partial charge is 0.425 e. The molecular formula is C18H13Cl2NO4. The van der Waals surface area contributed by atoms with Crippen molar-refractivity contribution in [2.24, 2.45) is 0 Å². The molecule has 0 saturated carbocycles. The summed E-state index contributed by atoms with van der Waals surface area (Å²) in [4.78, 5) is 37.7. The molecule has 2 aromatic rings. The summed E-state index contributed by atoms with van der Waals surface area (Å²) in [5.41, 5.74) is 1.60. The van der Waals surface area contributed by atoms with Crippen molar-refractivity contribution in [3.63, 3.8) is 0 Å². The number of hydrogen-bond donors (Lipinski definition) is 0. The fourth-order valence-corrected chi connectivity index (χ4v) is 2.99. The van der Waals surface area contributed by atoms with Crippen LogP contribution in [-0.4, -0.2) is 29.2 Å². The van der Waals surface area contributed by atoms with E-state index in [0.717, 1.165) is 10.5 Å². The minimum absolute atomic E-state index is 0.0601. The van der Waals surface area contributed by atoms with Crippen LogP contribution in [0.1, 0.15) is 32.7 Å². The van der Waals surface area contributed by atoms with Crippen LogP contribution < -0.4 is 4.74 Å². The molecule has 2 amide bonds. The van der Waals surface area contributed by atoms with Crippen LogP contribution in [0, 0.1) is 6.92 Å². The number of rotatable bonds is 4. The second-order valence-electron chi connectivity index (χ2n) is 5.61. The van der Waals surface area contributed by atoms with Gasteiger partial charge in [0, 0.05) is 11.6 Å². The highest BCUT2D eigenvalue weighted by Crippen LogP contribution is 2.28. The number of ether oxygens (including phenoxy) is 1. The molecule has 0 unspecified atom stereocenters. The molecule has 0 bridgehead atoms. The molecule has 128 valence electrons. The van der Waals surface area contributed by atoms with Crippen LogP contribution in [0.15, 0.2) is 36.4 Å². The fraction of sp³-hybridized carbons (Fsp3) is 0.167. The first kappa shape index (κ1) is 17.5. The summed E-state index contributed by atoms with van der Waals surface area (Å²) in [6.45, 7) is 1.78. The molecule has 2 aromatic carbocycles. The quantitative estimate of drug-likeness (QED) is 0.460. The van der Waals surface area contributed by atoms with Crippen molar-refractivity contribution in [3.8, 4) is 5.75 Å². The van der Waals surface area contributed by atoms with E-state index in [1.807, 2.05) is 6.92 Å². The van der Waals surface area contributed by atoms with Crippen molar-refractivity contribution < 1.29 is 19.1 Å². The lowest BCUT2D eigenvalue weighted by atomic mass is 10.1. The molecule has 1 aliphatic rings. The van der Waals surface area contributed by atoms with Gasteiger partial charge in [-0.2, -0.15) is 0 Å². The third kappa shape index (κ3) is 3.52. The molecule has 1 heterocycles. The van der Waals surface area contributed by atoms with Crippen LogP contribution >= 0.6 is 23.2 Å². The summed E-state index contributed by atoms with van der Waals surface area (Å²) >= 11 is 11.7. The molecule has 0 N–H and O–H groups in total. The number of benzene rings is 2. The number of aryl methyl sites for hydroxylation is 1. The van der Waals surface area contributed by atoms with Crippen LogP contribution in [0.25, 0.3) is 0 Å². The maximum absolute atomic E-state index is 12.3. The monoisotopic (exact) mass is 377 g/mol. The summed E-state index contributed by atoms with van der Waals surface area (Å²) in [6, 6.07) is 9.54. The summed E-state index contributed by atoms with van der Waals surface area (Å²) < 4.78 is 5.15. The zero-order valence-corrected chi connectivity index (χ0v) is 14.7. The van der Waals surface area contributed by atoms with Crippen LogP contribution in [0.3, 0.4) is 0 Å². The van der Waals surface area contributed by atoms with Gasteiger partial charge in [-0.3, -0.25) is 19.3 Å². The summed E-state index contributed by atoms with van der Waals surface area (Å²) in [5.74, 6) is -1.23. The number of hydrogen-bond acceptors (Lipinski definition) is 4. The van der Waals surface area contributed by atoms with Gasteiger partial charge in [-0.25, -0.2) is 0 Å². The molecule has 25 heavy (non-hydrogen) atoms. The Hall–Kier alpha value is -2.37. The van der Waals surface area contributed by atoms with Gasteiger partial charge in [0.15, 0.2) is 0 Å². The van der Waals surface area contributed by atoms with Gasteiger partial charge in [-0.1, -0.05) is 34.8 Å². The van der Waals surface area contributed by atoms with Crippen LogP contribution in [-0.2, 0) is 4.79 Å². The zero-order valence-electron chi connectivity index (χ0n) is 13.2. The van der Waals surface area contributed by atoms with E-state index < -0.39 is 17.8 Å². The van der Waals surface area contributed by atoms with Gasteiger partial charge in [0.25, 0.3) is 11.8 Å². The average molecular weight is 378 g/mol. The molecule has 0 aliphatic carbocycles. The number of carbonyl (C=O) groups excluding carboxylic acids is 3. The molecule has 0 radical (unpaired) electrons. The Bertz CT molecular complexity index is 895. The van der Waals surface area contributed by atoms with Crippen LogP contribution in [0.2, 0.25) is 10.0 Å². The zero-order chi connectivity index (χ0) is 18.1. The van der Waals surface area contributed by atoms with E-state index in [-0.39, 0.29) is 23.7 Å². The number of halogens is 2. The van der Waals surface area contributed by atoms with Gasteiger partial charge in [-0.15, -0.1) is 0 Å². The number of nitrogens with zero attached hydrogens (tertiary/aromatic N) is 1. The first-order valence-corrected chi connectivity index (χ1v) is 8.25. The van der Waals surface area contributed by atoms with E-state index in [9.17, 15) is 14.4 Å². The SMILES string of the molecule is Cc1ccc2c(c1)C(=O)N(CCC(=O)Oc1ccc(Cl)cc1Cl)C2=O. The Morgan fingerprint density at radius 1 is 1.04 bits per heavy atom. The summed E-state index contributed by atoms with van der Waals surface area (Å²) in [6.07, 6.45) is -0.136. The van der Waals surface area contributed by atoms with Crippen molar-refractivity contribution in [2.75, 3.05) is 6.54 Å². The smallest absolute Gasteiger partial charge is 0.313 e. The normalized spacial score (nSPS) is 13.2. The third-order valence-electron chi connectivity index (χ3n) is 3.78. The summed E-state index contributed by atoms with van der Waals surface area (Å²) in [7, 11) is 0. The number of fused-ring (bicyclic) bond motifs is 1. The Balaban J connectivity index is 1.65. The minimum Gasteiger partial charge on any atom is -0.425 e. The van der Waals surface area contributed by atoms with Gasteiger partial charge in [-0.05, 0) is 37.3 Å². The van der Waals surface area contributed by atoms with Gasteiger partial charge in [0.05, 0.1) is 22.6 Å². The van der Waals surface area contributed by atoms with E-state index in [4.69, 9.17) is 27.9 Å². The number of carbonyl (C=O) groups is 3. The highest BCUT2D eigenvalue weighted by atomic mass is 35.5. The highest BCUT2D eigenvalue weighted by Gasteiger charge is 2.35. The van der Waals surface area contributed by atoms with E-state index in [0.29, 0.717) is 16.1 Å². The molecule has 0 atom stereocenters. The molecular weight excluding hydrogens is 365 g/mol. The van der Waals surface area contributed by atoms with Gasteiger partial charge in [0.1, 0.15) is 5.75 Å². The molecule has 0 fully saturated rings. The van der Waals surface area contributed by atoms with Crippen molar-refractivity contribution in [2.45, 2.75) is 13.3 Å². The second-order valence-corrected chi connectivity index (χ2v) is 6.45. The van der Waals surface area contributed by atoms with E-state index in [1.165, 1.54) is 12.1 Å². The van der Waals surface area contributed by atoms with Gasteiger partial charge in [0.2, 0.25) is 0 Å². The van der Waals surface area contributed by atoms with Crippen molar-refractivity contribution in [3.05, 3.63) is 63.1 Å². The number of amides is 2. The Labute approximate surface area is 154 Å². The van der Waals surface area contributed by atoms with Crippen molar-refractivity contribution in [1.29, 1.82) is 0 Å². The Morgan fingerprint density at radius 3 is 2.48 bits per heavy atom. The first-order chi connectivity index (χ1) is 11.9. The van der Waals surface area contributed by atoms with Gasteiger partial charge < -0.3 is 4.74 Å². The average Bonchev–Trinajstić information content (AvgIpc) is 2.79. The lowest BCUT2D eigenvalue weighted by molar-refractivity contribution is -0.134. The first-order valence-electron chi connectivity index (χ1n) is 7.49. The summed E-state index contributed by atoms with van der Waals surface area (Å²) in [5, 5.41) is 0.628. The fourth-order valence-electron chi connectivity index (χ4n) is 2.54. The van der Waals surface area contributed by atoms with Crippen LogP contribution in [0.5, 0.6) is 5.75 Å². The number of imide groups is 1. The second kappa shape index (κ2) is 6.86. The molecule has 0 aromatic heterocycles. The highest BCUT2D eigenvalue weighted by molar-refractivity contribution is 6.35. The Kier molecular flexibility index (Phi) is 4.79. The maximum atomic E-state index is 12.3. The predicted octanol–water partition coefficient (Wildman–Crippen LogP) is 3.89. The standard InChI is InChI=1S/C18H13Cl2NO4/c1-10-2-4-12-13(8-10)18(24)21(17(12)23)7-6-16(22)25-15-5-3-11(19)9-14(15)20/h2-5,8-9H,6-7H2,1H3. The minimum atomic E-state index is -0.600. The van der Waals surface area contributed by atoms with E-state index in [1.54, 1.807) is 24.3 Å². The van der Waals surface area contributed by atoms with Crippen molar-refractivity contribution >= 4 is 41.0 Å². The number of esters is 1.